The first-order valence-electron chi connectivity index (χ1n) is 8.99. The highest BCUT2D eigenvalue weighted by Gasteiger charge is 2.17. The number of nitrogens with zero attached hydrogens (tertiary/aromatic N) is 2. The van der Waals surface area contributed by atoms with Crippen LogP contribution in [0.15, 0.2) is 48.5 Å². The van der Waals surface area contributed by atoms with Crippen molar-refractivity contribution in [1.82, 2.24) is 5.32 Å². The number of hydrogen-bond acceptors (Lipinski definition) is 5. The molecule has 142 valence electrons. The van der Waals surface area contributed by atoms with E-state index in [1.54, 1.807) is 18.2 Å². The Hall–Kier alpha value is -2.93. The Morgan fingerprint density at radius 1 is 1.19 bits per heavy atom. The SMILES string of the molecule is CC(NC(=O)Cc1ccccc1[N+](=O)[O-])c1ccc(N2CCOCC2)cc1. The van der Waals surface area contributed by atoms with Crippen LogP contribution in [0.3, 0.4) is 0 Å². The minimum Gasteiger partial charge on any atom is -0.378 e. The number of carbonyl (C=O) groups is 1. The van der Waals surface area contributed by atoms with Crippen LogP contribution in [0.4, 0.5) is 11.4 Å². The van der Waals surface area contributed by atoms with Gasteiger partial charge in [-0.1, -0.05) is 30.3 Å². The lowest BCUT2D eigenvalue weighted by Gasteiger charge is -2.29. The maximum absolute atomic E-state index is 12.3. The van der Waals surface area contributed by atoms with Crippen LogP contribution in [-0.4, -0.2) is 37.1 Å². The van der Waals surface area contributed by atoms with Crippen molar-refractivity contribution in [2.45, 2.75) is 19.4 Å². The van der Waals surface area contributed by atoms with Crippen LogP contribution in [-0.2, 0) is 16.0 Å². The van der Waals surface area contributed by atoms with E-state index in [9.17, 15) is 14.9 Å². The summed E-state index contributed by atoms with van der Waals surface area (Å²) >= 11 is 0. The van der Waals surface area contributed by atoms with Crippen molar-refractivity contribution in [3.63, 3.8) is 0 Å². The molecule has 1 fully saturated rings. The van der Waals surface area contributed by atoms with Gasteiger partial charge in [0, 0.05) is 30.4 Å². The molecule has 7 heteroatoms. The second kappa shape index (κ2) is 8.64. The van der Waals surface area contributed by atoms with E-state index in [2.05, 4.69) is 10.2 Å². The zero-order chi connectivity index (χ0) is 19.2. The molecule has 3 rings (SSSR count). The lowest BCUT2D eigenvalue weighted by atomic mass is 10.1. The minimum atomic E-state index is -0.462. The molecule has 0 aliphatic carbocycles. The Morgan fingerprint density at radius 3 is 2.52 bits per heavy atom. The molecule has 0 spiro atoms. The van der Waals surface area contributed by atoms with Crippen molar-refractivity contribution in [3.05, 3.63) is 69.8 Å². The van der Waals surface area contributed by atoms with E-state index in [1.165, 1.54) is 6.07 Å². The van der Waals surface area contributed by atoms with Crippen LogP contribution < -0.4 is 10.2 Å². The van der Waals surface area contributed by atoms with Gasteiger partial charge in [-0.15, -0.1) is 0 Å². The number of nitro groups is 1. The Labute approximate surface area is 158 Å². The number of ether oxygens (including phenoxy) is 1. The Kier molecular flexibility index (Phi) is 6.03. The molecule has 1 saturated heterocycles. The number of benzene rings is 2. The smallest absolute Gasteiger partial charge is 0.273 e. The predicted molar refractivity (Wildman–Crippen MR) is 103 cm³/mol. The van der Waals surface area contributed by atoms with Gasteiger partial charge in [0.1, 0.15) is 0 Å². The van der Waals surface area contributed by atoms with Gasteiger partial charge in [-0.05, 0) is 24.6 Å². The van der Waals surface area contributed by atoms with Gasteiger partial charge in [-0.3, -0.25) is 14.9 Å². The van der Waals surface area contributed by atoms with Gasteiger partial charge in [0.25, 0.3) is 5.69 Å². The van der Waals surface area contributed by atoms with Gasteiger partial charge in [0.05, 0.1) is 30.6 Å². The van der Waals surface area contributed by atoms with Crippen LogP contribution in [0.2, 0.25) is 0 Å². The average molecular weight is 369 g/mol. The monoisotopic (exact) mass is 369 g/mol. The third-order valence-corrected chi connectivity index (χ3v) is 4.69. The average Bonchev–Trinajstić information content (AvgIpc) is 2.69. The van der Waals surface area contributed by atoms with Crippen molar-refractivity contribution in [3.8, 4) is 0 Å². The fraction of sp³-hybridized carbons (Fsp3) is 0.350. The lowest BCUT2D eigenvalue weighted by molar-refractivity contribution is -0.385. The number of amides is 1. The zero-order valence-electron chi connectivity index (χ0n) is 15.3. The Bertz CT molecular complexity index is 801. The molecule has 1 N–H and O–H groups in total. The summed E-state index contributed by atoms with van der Waals surface area (Å²) in [6, 6.07) is 14.2. The molecular weight excluding hydrogens is 346 g/mol. The molecule has 2 aromatic carbocycles. The highest BCUT2D eigenvalue weighted by atomic mass is 16.6. The molecule has 1 atom stereocenters. The third-order valence-electron chi connectivity index (χ3n) is 4.69. The summed E-state index contributed by atoms with van der Waals surface area (Å²) in [5.41, 5.74) is 2.51. The number of anilines is 1. The predicted octanol–water partition coefficient (Wildman–Crippen LogP) is 2.85. The highest BCUT2D eigenvalue weighted by molar-refractivity contribution is 5.80. The molecule has 1 aliphatic heterocycles. The second-order valence-corrected chi connectivity index (χ2v) is 6.54. The van der Waals surface area contributed by atoms with Crippen LogP contribution in [0.25, 0.3) is 0 Å². The molecule has 1 unspecified atom stereocenters. The number of carbonyl (C=O) groups excluding carboxylic acids is 1. The second-order valence-electron chi connectivity index (χ2n) is 6.54. The van der Waals surface area contributed by atoms with Crippen molar-refractivity contribution in [1.29, 1.82) is 0 Å². The van der Waals surface area contributed by atoms with E-state index in [0.717, 1.165) is 37.6 Å². The summed E-state index contributed by atoms with van der Waals surface area (Å²) in [5.74, 6) is -0.242. The van der Waals surface area contributed by atoms with Gasteiger partial charge in [-0.25, -0.2) is 0 Å². The number of nitrogens with one attached hydrogen (secondary N) is 1. The summed E-state index contributed by atoms with van der Waals surface area (Å²) in [6.45, 7) is 5.13. The summed E-state index contributed by atoms with van der Waals surface area (Å²) in [5, 5.41) is 14.0. The van der Waals surface area contributed by atoms with Crippen molar-refractivity contribution in [2.75, 3.05) is 31.2 Å². The molecule has 0 bridgehead atoms. The van der Waals surface area contributed by atoms with E-state index in [4.69, 9.17) is 4.74 Å². The van der Waals surface area contributed by atoms with Crippen LogP contribution >= 0.6 is 0 Å². The number of morpholine rings is 1. The topological polar surface area (TPSA) is 84.7 Å². The quantitative estimate of drug-likeness (QED) is 0.625. The first-order valence-corrected chi connectivity index (χ1v) is 8.99. The minimum absolute atomic E-state index is 0.0205. The van der Waals surface area contributed by atoms with E-state index >= 15 is 0 Å². The molecule has 7 nitrogen and oxygen atoms in total. The molecule has 27 heavy (non-hydrogen) atoms. The van der Waals surface area contributed by atoms with Gasteiger partial charge < -0.3 is 15.0 Å². The summed E-state index contributed by atoms with van der Waals surface area (Å²) < 4.78 is 5.37. The van der Waals surface area contributed by atoms with Crippen LogP contribution in [0.1, 0.15) is 24.1 Å². The van der Waals surface area contributed by atoms with Crippen LogP contribution in [0, 0.1) is 10.1 Å². The Morgan fingerprint density at radius 2 is 1.85 bits per heavy atom. The molecule has 2 aromatic rings. The van der Waals surface area contributed by atoms with E-state index in [-0.39, 0.29) is 24.1 Å². The van der Waals surface area contributed by atoms with E-state index in [0.29, 0.717) is 5.56 Å². The number of rotatable bonds is 6. The largest absolute Gasteiger partial charge is 0.378 e. The molecule has 1 aliphatic rings. The third kappa shape index (κ3) is 4.83. The highest BCUT2D eigenvalue weighted by Crippen LogP contribution is 2.21. The van der Waals surface area contributed by atoms with Gasteiger partial charge in [0.2, 0.25) is 5.91 Å². The molecular formula is C20H23N3O4. The van der Waals surface area contributed by atoms with E-state index in [1.807, 2.05) is 31.2 Å². The number of hydrogen-bond donors (Lipinski definition) is 1. The van der Waals surface area contributed by atoms with Crippen molar-refractivity contribution < 1.29 is 14.5 Å². The first kappa shape index (κ1) is 18.8. The summed E-state index contributed by atoms with van der Waals surface area (Å²) in [7, 11) is 0. The molecule has 1 heterocycles. The number of para-hydroxylation sites is 1. The summed E-state index contributed by atoms with van der Waals surface area (Å²) in [4.78, 5) is 25.2. The number of nitro benzene ring substituents is 1. The van der Waals surface area contributed by atoms with Crippen molar-refractivity contribution >= 4 is 17.3 Å². The molecule has 0 saturated carbocycles. The molecule has 1 amide bonds. The van der Waals surface area contributed by atoms with Crippen LogP contribution in [0.5, 0.6) is 0 Å². The molecule has 0 radical (unpaired) electrons. The fourth-order valence-corrected chi connectivity index (χ4v) is 3.18. The van der Waals surface area contributed by atoms with Crippen molar-refractivity contribution in [2.24, 2.45) is 0 Å². The van der Waals surface area contributed by atoms with E-state index < -0.39 is 4.92 Å². The lowest BCUT2D eigenvalue weighted by Crippen LogP contribution is -2.36. The maximum Gasteiger partial charge on any atom is 0.273 e. The van der Waals surface area contributed by atoms with Gasteiger partial charge >= 0.3 is 0 Å². The Balaban J connectivity index is 1.60. The first-order chi connectivity index (χ1) is 13.0. The standard InChI is InChI=1S/C20H23N3O4/c1-15(16-6-8-18(9-7-16)22-10-12-27-13-11-22)21-20(24)14-17-4-2-3-5-19(17)23(25)26/h2-9,15H,10-14H2,1H3,(H,21,24). The maximum atomic E-state index is 12.3. The van der Waals surface area contributed by atoms with Gasteiger partial charge in [-0.2, -0.15) is 0 Å². The normalized spacial score (nSPS) is 15.2. The van der Waals surface area contributed by atoms with Gasteiger partial charge in [0.15, 0.2) is 0 Å². The zero-order valence-corrected chi connectivity index (χ0v) is 15.3. The fourth-order valence-electron chi connectivity index (χ4n) is 3.18. The molecule has 0 aromatic heterocycles. The summed E-state index contributed by atoms with van der Waals surface area (Å²) in [6.07, 6.45) is -0.0205.